The summed E-state index contributed by atoms with van der Waals surface area (Å²) in [6.45, 7) is 4.64. The molecule has 0 bridgehead atoms. The van der Waals surface area contributed by atoms with Crippen LogP contribution in [0, 0.1) is 0 Å². The van der Waals surface area contributed by atoms with Crippen LogP contribution in [0.2, 0.25) is 0 Å². The smallest absolute Gasteiger partial charge is 0.254 e. The number of hydrogen-bond donors (Lipinski definition) is 0. The molecule has 1 aromatic rings. The van der Waals surface area contributed by atoms with Crippen molar-refractivity contribution in [1.29, 1.82) is 0 Å². The van der Waals surface area contributed by atoms with Crippen molar-refractivity contribution in [2.24, 2.45) is 7.05 Å². The first kappa shape index (κ1) is 17.0. The number of carbonyl (C=O) groups excluding carboxylic acids is 1. The first-order valence-corrected chi connectivity index (χ1v) is 8.65. The van der Waals surface area contributed by atoms with Gasteiger partial charge in [-0.15, -0.1) is 0 Å². The first-order valence-electron chi connectivity index (χ1n) is 7.67. The molecule has 1 aliphatic rings. The molecule has 0 radical (unpaired) electrons. The van der Waals surface area contributed by atoms with Crippen LogP contribution in [0.25, 0.3) is 0 Å². The number of aryl methyl sites for hydroxylation is 1. The number of morpholine rings is 1. The summed E-state index contributed by atoms with van der Waals surface area (Å²) in [5.74, 6) is 0.969. The lowest BCUT2D eigenvalue weighted by molar-refractivity contribution is -0.135. The van der Waals surface area contributed by atoms with Crippen LogP contribution in [0.4, 0.5) is 0 Å². The Morgan fingerprint density at radius 3 is 2.82 bits per heavy atom. The summed E-state index contributed by atoms with van der Waals surface area (Å²) in [5, 5.41) is 0.725. The molecule has 0 saturated carbocycles. The second-order valence-corrected chi connectivity index (χ2v) is 6.29. The van der Waals surface area contributed by atoms with E-state index in [1.807, 2.05) is 11.8 Å². The molecule has 1 fully saturated rings. The summed E-state index contributed by atoms with van der Waals surface area (Å²) in [4.78, 5) is 30.2. The molecule has 1 saturated heterocycles. The van der Waals surface area contributed by atoms with Crippen molar-refractivity contribution in [1.82, 2.24) is 14.5 Å². The summed E-state index contributed by atoms with van der Waals surface area (Å²) in [5.41, 5.74) is 0.786. The number of ether oxygens (including phenoxy) is 1. The molecular formula is C15H23N3O3S. The number of thioether (sulfide) groups is 1. The molecule has 2 heterocycles. The van der Waals surface area contributed by atoms with Gasteiger partial charge >= 0.3 is 0 Å². The lowest BCUT2D eigenvalue weighted by Crippen LogP contribution is -2.40. The van der Waals surface area contributed by atoms with Crippen LogP contribution >= 0.6 is 11.8 Å². The third kappa shape index (κ3) is 4.58. The van der Waals surface area contributed by atoms with E-state index in [1.165, 1.54) is 11.8 Å². The van der Waals surface area contributed by atoms with Crippen molar-refractivity contribution in [2.75, 3.05) is 32.1 Å². The fourth-order valence-electron chi connectivity index (χ4n) is 2.23. The van der Waals surface area contributed by atoms with E-state index in [1.54, 1.807) is 17.7 Å². The molecule has 0 unspecified atom stereocenters. The summed E-state index contributed by atoms with van der Waals surface area (Å²) in [7, 11) is 1.73. The maximum absolute atomic E-state index is 12.0. The second-order valence-electron chi connectivity index (χ2n) is 5.23. The number of amides is 1. The number of nitrogens with zero attached hydrogens (tertiary/aromatic N) is 3. The third-order valence-electron chi connectivity index (χ3n) is 3.64. The molecule has 122 valence electrons. The van der Waals surface area contributed by atoms with Crippen LogP contribution in [0.5, 0.6) is 0 Å². The van der Waals surface area contributed by atoms with Gasteiger partial charge in [-0.2, -0.15) is 0 Å². The molecule has 6 nitrogen and oxygen atoms in total. The fraction of sp³-hybridized carbons (Fsp3) is 0.667. The Morgan fingerprint density at radius 2 is 2.14 bits per heavy atom. The van der Waals surface area contributed by atoms with E-state index >= 15 is 0 Å². The molecule has 1 aromatic heterocycles. The zero-order valence-electron chi connectivity index (χ0n) is 13.2. The topological polar surface area (TPSA) is 64.4 Å². The number of hydrogen-bond acceptors (Lipinski definition) is 5. The molecule has 7 heteroatoms. The lowest BCUT2D eigenvalue weighted by Gasteiger charge is -2.26. The van der Waals surface area contributed by atoms with Crippen LogP contribution in [0.1, 0.15) is 25.5 Å². The van der Waals surface area contributed by atoms with Gasteiger partial charge in [0.15, 0.2) is 5.16 Å². The van der Waals surface area contributed by atoms with E-state index in [2.05, 4.69) is 4.98 Å². The van der Waals surface area contributed by atoms with Crippen LogP contribution in [0.3, 0.4) is 0 Å². The minimum atomic E-state index is -0.0289. The van der Waals surface area contributed by atoms with Gasteiger partial charge in [0.1, 0.15) is 0 Å². The third-order valence-corrected chi connectivity index (χ3v) is 4.76. The van der Waals surface area contributed by atoms with Gasteiger partial charge in [-0.25, -0.2) is 4.98 Å². The highest BCUT2D eigenvalue weighted by molar-refractivity contribution is 7.99. The molecule has 0 spiro atoms. The zero-order valence-corrected chi connectivity index (χ0v) is 14.0. The number of rotatable bonds is 6. The Kier molecular flexibility index (Phi) is 6.45. The standard InChI is InChI=1S/C15H23N3O3S/c1-3-12-11-14(20)17(2)15(16-12)22-10-4-5-13(19)18-6-8-21-9-7-18/h11H,3-10H2,1-2H3. The van der Waals surface area contributed by atoms with Gasteiger partial charge in [-0.05, 0) is 12.8 Å². The highest BCUT2D eigenvalue weighted by atomic mass is 32.2. The molecular weight excluding hydrogens is 302 g/mol. The predicted molar refractivity (Wildman–Crippen MR) is 86.2 cm³/mol. The van der Waals surface area contributed by atoms with Crippen molar-refractivity contribution in [2.45, 2.75) is 31.3 Å². The monoisotopic (exact) mass is 325 g/mol. The van der Waals surface area contributed by atoms with E-state index in [4.69, 9.17) is 4.74 Å². The lowest BCUT2D eigenvalue weighted by atomic mass is 10.3. The average Bonchev–Trinajstić information content (AvgIpc) is 2.55. The van der Waals surface area contributed by atoms with Gasteiger partial charge in [0.25, 0.3) is 5.56 Å². The number of carbonyl (C=O) groups is 1. The summed E-state index contributed by atoms with van der Waals surface area (Å²) in [6.07, 6.45) is 2.07. The summed E-state index contributed by atoms with van der Waals surface area (Å²) >= 11 is 1.54. The highest BCUT2D eigenvalue weighted by Crippen LogP contribution is 2.16. The van der Waals surface area contributed by atoms with Crippen LogP contribution in [-0.4, -0.2) is 52.4 Å². The molecule has 1 aliphatic heterocycles. The largest absolute Gasteiger partial charge is 0.378 e. The minimum absolute atomic E-state index is 0.0289. The Morgan fingerprint density at radius 1 is 1.41 bits per heavy atom. The molecule has 2 rings (SSSR count). The molecule has 0 N–H and O–H groups in total. The zero-order chi connectivity index (χ0) is 15.9. The van der Waals surface area contributed by atoms with Crippen LogP contribution < -0.4 is 5.56 Å². The molecule has 22 heavy (non-hydrogen) atoms. The Labute approximate surface area is 134 Å². The quantitative estimate of drug-likeness (QED) is 0.445. The SMILES string of the molecule is CCc1cc(=O)n(C)c(SCCCC(=O)N2CCOCC2)n1. The predicted octanol–water partition coefficient (Wildman–Crippen LogP) is 1.07. The Balaban J connectivity index is 1.80. The maximum atomic E-state index is 12.0. The van der Waals surface area contributed by atoms with Gasteiger partial charge < -0.3 is 9.64 Å². The van der Waals surface area contributed by atoms with Gasteiger partial charge in [0.2, 0.25) is 5.91 Å². The average molecular weight is 325 g/mol. The maximum Gasteiger partial charge on any atom is 0.254 e. The van der Waals surface area contributed by atoms with Crippen molar-refractivity contribution in [3.63, 3.8) is 0 Å². The second kappa shape index (κ2) is 8.33. The molecule has 0 aliphatic carbocycles. The van der Waals surface area contributed by atoms with E-state index in [-0.39, 0.29) is 11.5 Å². The van der Waals surface area contributed by atoms with Crippen LogP contribution in [0.15, 0.2) is 16.0 Å². The van der Waals surface area contributed by atoms with E-state index in [9.17, 15) is 9.59 Å². The van der Waals surface area contributed by atoms with E-state index in [0.29, 0.717) is 32.7 Å². The van der Waals surface area contributed by atoms with Gasteiger partial charge in [0, 0.05) is 44.1 Å². The van der Waals surface area contributed by atoms with Crippen molar-refractivity contribution in [3.8, 4) is 0 Å². The Hall–Kier alpha value is -1.34. The molecule has 1 amide bonds. The van der Waals surface area contributed by atoms with E-state index < -0.39 is 0 Å². The van der Waals surface area contributed by atoms with Gasteiger partial charge in [-0.3, -0.25) is 14.2 Å². The van der Waals surface area contributed by atoms with Crippen molar-refractivity contribution in [3.05, 3.63) is 22.1 Å². The fourth-order valence-corrected chi connectivity index (χ4v) is 3.17. The highest BCUT2D eigenvalue weighted by Gasteiger charge is 2.16. The van der Waals surface area contributed by atoms with Crippen molar-refractivity contribution < 1.29 is 9.53 Å². The Bertz CT molecular complexity index is 568. The summed E-state index contributed by atoms with van der Waals surface area (Å²) in [6, 6.07) is 1.58. The van der Waals surface area contributed by atoms with E-state index in [0.717, 1.165) is 29.4 Å². The van der Waals surface area contributed by atoms with Crippen molar-refractivity contribution >= 4 is 17.7 Å². The van der Waals surface area contributed by atoms with Crippen LogP contribution in [-0.2, 0) is 23.0 Å². The molecule has 0 aromatic carbocycles. The normalized spacial score (nSPS) is 15.1. The molecule has 0 atom stereocenters. The summed E-state index contributed by atoms with van der Waals surface area (Å²) < 4.78 is 6.80. The minimum Gasteiger partial charge on any atom is -0.378 e. The number of aromatic nitrogens is 2. The first-order chi connectivity index (χ1) is 10.6. The van der Waals surface area contributed by atoms with Gasteiger partial charge in [0.05, 0.1) is 13.2 Å². The van der Waals surface area contributed by atoms with Gasteiger partial charge in [-0.1, -0.05) is 18.7 Å².